The van der Waals surface area contributed by atoms with Crippen molar-refractivity contribution < 1.29 is 29.0 Å². The molecule has 2 atom stereocenters. The van der Waals surface area contributed by atoms with E-state index in [0.29, 0.717) is 0 Å². The molecule has 1 aliphatic carbocycles. The monoisotopic (exact) mass is 514 g/mol. The maximum atomic E-state index is 13.7. The van der Waals surface area contributed by atoms with Crippen LogP contribution in [0.1, 0.15) is 36.5 Å². The fourth-order valence-electron chi connectivity index (χ4n) is 5.40. The van der Waals surface area contributed by atoms with Crippen LogP contribution in [-0.2, 0) is 25.5 Å². The summed E-state index contributed by atoms with van der Waals surface area (Å²) in [7, 11) is 0. The third kappa shape index (κ3) is 4.87. The number of aliphatic carboxylic acids is 1. The van der Waals surface area contributed by atoms with Crippen LogP contribution in [0.3, 0.4) is 0 Å². The predicted molar refractivity (Wildman–Crippen MR) is 140 cm³/mol. The molecule has 38 heavy (non-hydrogen) atoms. The Morgan fingerprint density at radius 1 is 0.974 bits per heavy atom. The zero-order chi connectivity index (χ0) is 26.9. The van der Waals surface area contributed by atoms with Gasteiger partial charge in [-0.1, -0.05) is 78.9 Å². The largest absolute Gasteiger partial charge is 0.480 e. The minimum absolute atomic E-state index is 0.0994. The molecule has 0 saturated carbocycles. The van der Waals surface area contributed by atoms with Crippen molar-refractivity contribution in [1.82, 2.24) is 10.2 Å². The molecule has 1 fully saturated rings. The lowest BCUT2D eigenvalue weighted by Gasteiger charge is -2.35. The first-order chi connectivity index (χ1) is 18.3. The third-order valence-corrected chi connectivity index (χ3v) is 7.23. The van der Waals surface area contributed by atoms with E-state index in [1.54, 1.807) is 13.8 Å². The zero-order valence-corrected chi connectivity index (χ0v) is 21.3. The van der Waals surface area contributed by atoms with Crippen LogP contribution in [0.15, 0.2) is 78.9 Å². The van der Waals surface area contributed by atoms with Crippen LogP contribution < -0.4 is 5.32 Å². The molecule has 1 heterocycles. The minimum Gasteiger partial charge on any atom is -0.480 e. The van der Waals surface area contributed by atoms with Crippen LogP contribution in [0.4, 0.5) is 4.79 Å². The molecule has 1 saturated heterocycles. The fraction of sp³-hybridized carbons (Fsp3) is 0.300. The van der Waals surface area contributed by atoms with E-state index in [1.807, 2.05) is 66.7 Å². The molecule has 5 rings (SSSR count). The highest BCUT2D eigenvalue weighted by Crippen LogP contribution is 2.44. The number of carboxylic acids is 1. The summed E-state index contributed by atoms with van der Waals surface area (Å²) < 4.78 is 11.3. The van der Waals surface area contributed by atoms with Crippen molar-refractivity contribution in [2.24, 2.45) is 0 Å². The third-order valence-electron chi connectivity index (χ3n) is 7.23. The summed E-state index contributed by atoms with van der Waals surface area (Å²) in [5, 5.41) is 12.4. The van der Waals surface area contributed by atoms with E-state index < -0.39 is 35.8 Å². The number of carboxylic acid groups (broad SMARTS) is 1. The number of amides is 2. The molecule has 2 N–H and O–H groups in total. The van der Waals surface area contributed by atoms with Gasteiger partial charge >= 0.3 is 12.1 Å². The van der Waals surface area contributed by atoms with Crippen LogP contribution in [0.5, 0.6) is 0 Å². The second-order valence-corrected chi connectivity index (χ2v) is 10.0. The van der Waals surface area contributed by atoms with Crippen LogP contribution in [0.25, 0.3) is 11.1 Å². The van der Waals surface area contributed by atoms with E-state index in [4.69, 9.17) is 9.47 Å². The summed E-state index contributed by atoms with van der Waals surface area (Å²) in [4.78, 5) is 39.9. The topological polar surface area (TPSA) is 105 Å². The van der Waals surface area contributed by atoms with E-state index in [-0.39, 0.29) is 25.6 Å². The van der Waals surface area contributed by atoms with Gasteiger partial charge in [0, 0.05) is 12.3 Å². The Morgan fingerprint density at radius 3 is 2.16 bits per heavy atom. The molecule has 1 aliphatic heterocycles. The molecular weight excluding hydrogens is 484 g/mol. The quantitative estimate of drug-likeness (QED) is 0.490. The van der Waals surface area contributed by atoms with E-state index in [1.165, 1.54) is 4.90 Å². The van der Waals surface area contributed by atoms with Crippen molar-refractivity contribution in [3.05, 3.63) is 95.6 Å². The highest BCUT2D eigenvalue weighted by atomic mass is 16.6. The van der Waals surface area contributed by atoms with Crippen molar-refractivity contribution in [2.45, 2.75) is 44.0 Å². The van der Waals surface area contributed by atoms with Crippen molar-refractivity contribution >= 4 is 18.0 Å². The second kappa shape index (κ2) is 10.3. The van der Waals surface area contributed by atoms with E-state index in [2.05, 4.69) is 17.4 Å². The molecule has 3 aromatic rings. The van der Waals surface area contributed by atoms with Gasteiger partial charge in [0.2, 0.25) is 5.91 Å². The number of carbonyl (C=O) groups is 3. The molecule has 0 unspecified atom stereocenters. The summed E-state index contributed by atoms with van der Waals surface area (Å²) in [6.45, 7) is 3.25. The van der Waals surface area contributed by atoms with Gasteiger partial charge in [-0.25, -0.2) is 9.59 Å². The maximum absolute atomic E-state index is 13.7. The van der Waals surface area contributed by atoms with Crippen molar-refractivity contribution in [3.8, 4) is 11.1 Å². The van der Waals surface area contributed by atoms with Crippen molar-refractivity contribution in [1.29, 1.82) is 0 Å². The first kappa shape index (κ1) is 25.5. The molecule has 3 aromatic carbocycles. The Balaban J connectivity index is 1.35. The van der Waals surface area contributed by atoms with Crippen molar-refractivity contribution in [3.63, 3.8) is 0 Å². The number of hydrogen-bond acceptors (Lipinski definition) is 5. The number of fused-ring (bicyclic) bond motifs is 3. The number of nitrogens with zero attached hydrogens (tertiary/aromatic N) is 1. The average Bonchev–Trinajstić information content (AvgIpc) is 3.41. The standard InChI is InChI=1S/C30H30N2O6/c1-30(2)32(26(18-38-30)28(34)35)27(33)25(16-19-10-4-3-5-11-19)31-29(36)37-17-24-22-14-8-6-12-20(22)21-13-7-9-15-23(21)24/h3-15,24-26H,16-18H2,1-2H3,(H,31,36)(H,34,35)/t25-,26-/m0/s1. The van der Waals surface area contributed by atoms with Crippen LogP contribution in [0.2, 0.25) is 0 Å². The summed E-state index contributed by atoms with van der Waals surface area (Å²) in [5.41, 5.74) is 4.07. The first-order valence-corrected chi connectivity index (χ1v) is 12.6. The normalized spacial score (nSPS) is 18.4. The lowest BCUT2D eigenvalue weighted by atomic mass is 9.98. The molecule has 0 aromatic heterocycles. The molecule has 8 nitrogen and oxygen atoms in total. The minimum atomic E-state index is -1.16. The number of hydrogen-bond donors (Lipinski definition) is 2. The maximum Gasteiger partial charge on any atom is 0.407 e. The number of carbonyl (C=O) groups excluding carboxylic acids is 2. The number of benzene rings is 3. The Hall–Kier alpha value is -4.17. The van der Waals surface area contributed by atoms with E-state index in [9.17, 15) is 19.5 Å². The van der Waals surface area contributed by atoms with E-state index >= 15 is 0 Å². The van der Waals surface area contributed by atoms with Gasteiger partial charge in [0.15, 0.2) is 6.04 Å². The van der Waals surface area contributed by atoms with Gasteiger partial charge in [0.1, 0.15) is 18.4 Å². The fourth-order valence-corrected chi connectivity index (χ4v) is 5.40. The number of rotatable bonds is 7. The van der Waals surface area contributed by atoms with Crippen molar-refractivity contribution in [2.75, 3.05) is 13.2 Å². The molecule has 0 spiro atoms. The Labute approximate surface area is 221 Å². The lowest BCUT2D eigenvalue weighted by molar-refractivity contribution is -0.156. The SMILES string of the molecule is CC1(C)OC[C@@H](C(=O)O)N1C(=O)[C@H](Cc1ccccc1)NC(=O)OCC1c2ccccc2-c2ccccc21. The number of ether oxygens (including phenoxy) is 2. The summed E-state index contributed by atoms with van der Waals surface area (Å²) in [6.07, 6.45) is -0.575. The van der Waals surface area contributed by atoms with Gasteiger partial charge in [-0.15, -0.1) is 0 Å². The Kier molecular flexibility index (Phi) is 6.91. The highest BCUT2D eigenvalue weighted by Gasteiger charge is 2.49. The highest BCUT2D eigenvalue weighted by molar-refractivity contribution is 5.90. The van der Waals surface area contributed by atoms with Gasteiger partial charge in [-0.3, -0.25) is 9.69 Å². The number of nitrogens with one attached hydrogen (secondary N) is 1. The van der Waals surface area contributed by atoms with Gasteiger partial charge in [0.05, 0.1) is 6.61 Å². The molecule has 2 amide bonds. The lowest BCUT2D eigenvalue weighted by Crippen LogP contribution is -2.58. The summed E-state index contributed by atoms with van der Waals surface area (Å²) in [6, 6.07) is 23.1. The molecule has 8 heteroatoms. The van der Waals surface area contributed by atoms with Gasteiger partial charge in [0.25, 0.3) is 0 Å². The summed E-state index contributed by atoms with van der Waals surface area (Å²) >= 11 is 0. The molecular formula is C30H30N2O6. The Bertz CT molecular complexity index is 1310. The molecule has 0 radical (unpaired) electrons. The second-order valence-electron chi connectivity index (χ2n) is 10.0. The molecule has 196 valence electrons. The van der Waals surface area contributed by atoms with Crippen LogP contribution >= 0.6 is 0 Å². The average molecular weight is 515 g/mol. The smallest absolute Gasteiger partial charge is 0.407 e. The number of alkyl carbamates (subject to hydrolysis) is 1. The van der Waals surface area contributed by atoms with Gasteiger partial charge < -0.3 is 19.9 Å². The molecule has 2 aliphatic rings. The zero-order valence-electron chi connectivity index (χ0n) is 21.3. The van der Waals surface area contributed by atoms with Gasteiger partial charge in [-0.2, -0.15) is 0 Å². The van der Waals surface area contributed by atoms with E-state index in [0.717, 1.165) is 27.8 Å². The predicted octanol–water partition coefficient (Wildman–Crippen LogP) is 4.18. The van der Waals surface area contributed by atoms with Crippen LogP contribution in [0, 0.1) is 0 Å². The first-order valence-electron chi connectivity index (χ1n) is 12.6. The summed E-state index contributed by atoms with van der Waals surface area (Å²) in [5.74, 6) is -1.83. The molecule has 0 bridgehead atoms. The Morgan fingerprint density at radius 2 is 1.55 bits per heavy atom. The van der Waals surface area contributed by atoms with Gasteiger partial charge in [-0.05, 0) is 41.7 Å². The van der Waals surface area contributed by atoms with Crippen LogP contribution in [-0.4, -0.2) is 59.0 Å².